The Bertz CT molecular complexity index is 942. The lowest BCUT2D eigenvalue weighted by Crippen LogP contribution is -2.03. The zero-order valence-corrected chi connectivity index (χ0v) is 14.9. The molecule has 0 spiro atoms. The molecule has 2 aromatic heterocycles. The van der Waals surface area contributed by atoms with Crippen LogP contribution in [0, 0.1) is 17.8 Å². The van der Waals surface area contributed by atoms with Gasteiger partial charge in [-0.2, -0.15) is 0 Å². The molecule has 2 N–H and O–H groups in total. The van der Waals surface area contributed by atoms with Gasteiger partial charge in [-0.3, -0.25) is 0 Å². The van der Waals surface area contributed by atoms with Crippen molar-refractivity contribution in [3.05, 3.63) is 71.1 Å². The molecule has 0 amide bonds. The van der Waals surface area contributed by atoms with E-state index in [0.717, 1.165) is 30.0 Å². The molecule has 1 aliphatic carbocycles. The van der Waals surface area contributed by atoms with E-state index in [1.54, 1.807) is 6.20 Å². The highest BCUT2D eigenvalue weighted by Gasteiger charge is 2.36. The first kappa shape index (κ1) is 16.6. The Morgan fingerprint density at radius 1 is 1.27 bits per heavy atom. The first-order valence-corrected chi connectivity index (χ1v) is 9.04. The third-order valence-electron chi connectivity index (χ3n) is 4.90. The number of aromatic nitrogens is 3. The number of nitrogens with two attached hydrogens (primary N) is 1. The summed E-state index contributed by atoms with van der Waals surface area (Å²) in [6.45, 7) is 3.51. The maximum atomic E-state index is 5.72. The quantitative estimate of drug-likeness (QED) is 0.721. The van der Waals surface area contributed by atoms with Gasteiger partial charge in [-0.1, -0.05) is 30.1 Å². The average Bonchev–Trinajstić information content (AvgIpc) is 3.10. The molecule has 5 heteroatoms. The van der Waals surface area contributed by atoms with Crippen molar-refractivity contribution in [2.75, 3.05) is 6.54 Å². The largest absolute Gasteiger partial charge is 0.347 e. The van der Waals surface area contributed by atoms with Gasteiger partial charge in [0.25, 0.3) is 0 Å². The number of benzene rings is 1. The second-order valence-corrected chi connectivity index (χ2v) is 6.72. The molecule has 2 heterocycles. The third-order valence-corrected chi connectivity index (χ3v) is 4.90. The predicted octanol–water partition coefficient (Wildman–Crippen LogP) is 2.94. The molecule has 2 atom stereocenters. The van der Waals surface area contributed by atoms with Gasteiger partial charge in [0, 0.05) is 30.4 Å². The first-order chi connectivity index (χ1) is 12.8. The maximum Gasteiger partial charge on any atom is 0.210 e. The van der Waals surface area contributed by atoms with Gasteiger partial charge in [-0.15, -0.1) is 0 Å². The summed E-state index contributed by atoms with van der Waals surface area (Å²) in [7, 11) is 0. The summed E-state index contributed by atoms with van der Waals surface area (Å²) in [5, 5.41) is 4.10. The van der Waals surface area contributed by atoms with Crippen molar-refractivity contribution >= 4 is 0 Å². The van der Waals surface area contributed by atoms with Crippen LogP contribution in [0.5, 0.6) is 0 Å². The number of aryl methyl sites for hydroxylation is 1. The Morgan fingerprint density at radius 3 is 2.85 bits per heavy atom. The molecule has 1 saturated carbocycles. The summed E-state index contributed by atoms with van der Waals surface area (Å²) in [6, 6.07) is 10.3. The lowest BCUT2D eigenvalue weighted by Gasteiger charge is -2.02. The normalized spacial score (nSPS) is 18.4. The van der Waals surface area contributed by atoms with Crippen LogP contribution < -0.4 is 5.73 Å². The van der Waals surface area contributed by atoms with E-state index in [0.29, 0.717) is 24.1 Å². The van der Waals surface area contributed by atoms with Gasteiger partial charge in [-0.25, -0.2) is 4.98 Å². The van der Waals surface area contributed by atoms with E-state index in [1.807, 2.05) is 12.3 Å². The van der Waals surface area contributed by atoms with Crippen LogP contribution in [0.15, 0.2) is 47.2 Å². The molecule has 1 fully saturated rings. The minimum absolute atomic E-state index is 0.577. The van der Waals surface area contributed by atoms with Crippen LogP contribution in [0.1, 0.15) is 47.7 Å². The van der Waals surface area contributed by atoms with Crippen LogP contribution in [0.4, 0.5) is 0 Å². The fourth-order valence-electron chi connectivity index (χ4n) is 3.28. The van der Waals surface area contributed by atoms with Crippen molar-refractivity contribution in [1.82, 2.24) is 14.7 Å². The van der Waals surface area contributed by atoms with Crippen molar-refractivity contribution in [1.29, 1.82) is 0 Å². The van der Waals surface area contributed by atoms with Crippen LogP contribution in [0.25, 0.3) is 0 Å². The zero-order valence-electron chi connectivity index (χ0n) is 14.9. The van der Waals surface area contributed by atoms with E-state index in [9.17, 15) is 0 Å². The molecule has 0 saturated heterocycles. The molecule has 0 radical (unpaired) electrons. The molecule has 0 aliphatic heterocycles. The van der Waals surface area contributed by atoms with Crippen LogP contribution in [0.3, 0.4) is 0 Å². The van der Waals surface area contributed by atoms with Crippen LogP contribution in [0.2, 0.25) is 0 Å². The lowest BCUT2D eigenvalue weighted by molar-refractivity contribution is 0.401. The second kappa shape index (κ2) is 7.19. The lowest BCUT2D eigenvalue weighted by atomic mass is 10.1. The number of hydrogen-bond donors (Lipinski definition) is 1. The molecule has 132 valence electrons. The molecular formula is C21H22N4O. The Hall–Kier alpha value is -2.84. The number of imidazole rings is 1. The van der Waals surface area contributed by atoms with Crippen molar-refractivity contribution < 1.29 is 4.52 Å². The third kappa shape index (κ3) is 3.56. The molecule has 1 aromatic carbocycles. The summed E-state index contributed by atoms with van der Waals surface area (Å²) in [6.07, 6.45) is 5.86. The van der Waals surface area contributed by atoms with E-state index in [-0.39, 0.29) is 0 Å². The van der Waals surface area contributed by atoms with Crippen LogP contribution in [-0.4, -0.2) is 21.3 Å². The van der Waals surface area contributed by atoms with Gasteiger partial charge >= 0.3 is 0 Å². The van der Waals surface area contributed by atoms with E-state index in [4.69, 9.17) is 10.3 Å². The van der Waals surface area contributed by atoms with Gasteiger partial charge in [0.1, 0.15) is 11.5 Å². The number of rotatable bonds is 5. The number of nitrogens with zero attached hydrogens (tertiary/aromatic N) is 3. The fraction of sp³-hybridized carbons (Fsp3) is 0.333. The van der Waals surface area contributed by atoms with Crippen molar-refractivity contribution in [3.63, 3.8) is 0 Å². The Labute approximate surface area is 153 Å². The van der Waals surface area contributed by atoms with Crippen molar-refractivity contribution in [2.45, 2.75) is 32.2 Å². The Morgan fingerprint density at radius 2 is 2.12 bits per heavy atom. The van der Waals surface area contributed by atoms with Gasteiger partial charge in [-0.05, 0) is 48.4 Å². The summed E-state index contributed by atoms with van der Waals surface area (Å²) in [4.78, 5) is 4.32. The van der Waals surface area contributed by atoms with E-state index >= 15 is 0 Å². The molecule has 26 heavy (non-hydrogen) atoms. The zero-order chi connectivity index (χ0) is 17.9. The van der Waals surface area contributed by atoms with Crippen molar-refractivity contribution in [2.24, 2.45) is 11.7 Å². The minimum Gasteiger partial charge on any atom is -0.347 e. The SMILES string of the molecule is CCc1nccn1Cc1cc(C#Cc2ccc(C3CC3CN)cc2)on1. The maximum absolute atomic E-state index is 5.72. The topological polar surface area (TPSA) is 69.9 Å². The van der Waals surface area contributed by atoms with Crippen molar-refractivity contribution in [3.8, 4) is 11.8 Å². The molecule has 4 rings (SSSR count). The highest BCUT2D eigenvalue weighted by molar-refractivity contribution is 5.41. The van der Waals surface area contributed by atoms with E-state index in [1.165, 1.54) is 12.0 Å². The first-order valence-electron chi connectivity index (χ1n) is 9.04. The second-order valence-electron chi connectivity index (χ2n) is 6.72. The highest BCUT2D eigenvalue weighted by atomic mass is 16.5. The minimum atomic E-state index is 0.577. The summed E-state index contributed by atoms with van der Waals surface area (Å²) < 4.78 is 7.41. The summed E-state index contributed by atoms with van der Waals surface area (Å²) >= 11 is 0. The Kier molecular flexibility index (Phi) is 4.59. The van der Waals surface area contributed by atoms with E-state index in [2.05, 4.69) is 57.7 Å². The predicted molar refractivity (Wildman–Crippen MR) is 99.5 cm³/mol. The van der Waals surface area contributed by atoms with Crippen LogP contribution in [-0.2, 0) is 13.0 Å². The average molecular weight is 346 g/mol. The number of hydrogen-bond acceptors (Lipinski definition) is 4. The fourth-order valence-corrected chi connectivity index (χ4v) is 3.28. The van der Waals surface area contributed by atoms with Gasteiger partial charge in [0.05, 0.1) is 6.54 Å². The summed E-state index contributed by atoms with van der Waals surface area (Å²) in [5.41, 5.74) is 8.90. The van der Waals surface area contributed by atoms with Gasteiger partial charge < -0.3 is 14.8 Å². The molecule has 5 nitrogen and oxygen atoms in total. The molecule has 1 aliphatic rings. The van der Waals surface area contributed by atoms with Crippen LogP contribution >= 0.6 is 0 Å². The monoisotopic (exact) mass is 346 g/mol. The summed E-state index contributed by atoms with van der Waals surface area (Å²) in [5.74, 6) is 9.09. The molecule has 0 bridgehead atoms. The molecule has 3 aromatic rings. The molecular weight excluding hydrogens is 324 g/mol. The van der Waals surface area contributed by atoms with Gasteiger partial charge in [0.15, 0.2) is 0 Å². The van der Waals surface area contributed by atoms with Gasteiger partial charge in [0.2, 0.25) is 5.76 Å². The standard InChI is InChI=1S/C21H22N4O/c1-2-21-23-9-10-25(21)14-18-12-19(26-24-18)8-5-15-3-6-16(7-4-15)20-11-17(20)13-22/h3-4,6-7,9-10,12,17,20H,2,11,13-14,22H2,1H3. The van der Waals surface area contributed by atoms with E-state index < -0.39 is 0 Å². The highest BCUT2D eigenvalue weighted by Crippen LogP contribution is 2.46. The Balaban J connectivity index is 1.41. The molecule has 2 unspecified atom stereocenters. The smallest absolute Gasteiger partial charge is 0.210 e.